The van der Waals surface area contributed by atoms with Gasteiger partial charge in [-0.25, -0.2) is 4.79 Å². The van der Waals surface area contributed by atoms with Crippen LogP contribution in [0.1, 0.15) is 51.3 Å². The van der Waals surface area contributed by atoms with E-state index in [0.717, 1.165) is 10.0 Å². The minimum atomic E-state index is -1.26. The van der Waals surface area contributed by atoms with E-state index in [0.29, 0.717) is 24.2 Å². The maximum absolute atomic E-state index is 13.4. The van der Waals surface area contributed by atoms with Crippen LogP contribution in [0, 0.1) is 0 Å². The number of hydrogen-bond donors (Lipinski definition) is 1. The summed E-state index contributed by atoms with van der Waals surface area (Å²) in [6.07, 6.45) is -0.156. The molecule has 5 nitrogen and oxygen atoms in total. The summed E-state index contributed by atoms with van der Waals surface area (Å²) in [6.45, 7) is 7.90. The van der Waals surface area contributed by atoms with Crippen LogP contribution in [0.15, 0.2) is 53.0 Å². The summed E-state index contributed by atoms with van der Waals surface area (Å²) < 4.78 is 6.13. The first-order chi connectivity index (χ1) is 14.0. The van der Waals surface area contributed by atoms with Crippen LogP contribution >= 0.6 is 27.5 Å². The number of rotatable bonds is 4. The second-order valence-corrected chi connectivity index (χ2v) is 10.0. The number of hydrogen-bond acceptors (Lipinski definition) is 3. The van der Waals surface area contributed by atoms with E-state index in [4.69, 9.17) is 16.3 Å². The van der Waals surface area contributed by atoms with Crippen molar-refractivity contribution in [1.82, 2.24) is 4.90 Å². The molecule has 1 heterocycles. The summed E-state index contributed by atoms with van der Waals surface area (Å²) in [4.78, 5) is 26.3. The van der Waals surface area contributed by atoms with Gasteiger partial charge in [-0.1, -0.05) is 52.3 Å². The Morgan fingerprint density at radius 1 is 1.23 bits per heavy atom. The number of nitrogens with one attached hydrogen (secondary N) is 1. The number of ether oxygens (including phenoxy) is 1. The van der Waals surface area contributed by atoms with Gasteiger partial charge in [0.1, 0.15) is 5.60 Å². The van der Waals surface area contributed by atoms with Crippen molar-refractivity contribution in [2.24, 2.45) is 0 Å². The molecule has 0 spiro atoms. The number of halogens is 2. The number of amides is 2. The second kappa shape index (κ2) is 8.60. The first kappa shape index (κ1) is 22.6. The molecule has 1 aliphatic heterocycles. The van der Waals surface area contributed by atoms with E-state index in [9.17, 15) is 9.59 Å². The standard InChI is InChI=1S/C23H26BrClN2O3/c1-15(16-8-6-5-7-9-16)27-13-12-23(25,20(27)28)18-11-10-17(24)14-19(18)26-21(29)30-22(2,3)4/h5-11,14-15H,12-13H2,1-4H3,(H,26,29)/t15-,23?/m0/s1. The molecule has 1 saturated heterocycles. The third-order valence-corrected chi connectivity index (χ3v) is 6.14. The van der Waals surface area contributed by atoms with Gasteiger partial charge < -0.3 is 9.64 Å². The van der Waals surface area contributed by atoms with E-state index in [2.05, 4.69) is 21.2 Å². The van der Waals surface area contributed by atoms with E-state index in [-0.39, 0.29) is 11.9 Å². The highest BCUT2D eigenvalue weighted by Gasteiger charge is 2.49. The van der Waals surface area contributed by atoms with Gasteiger partial charge in [-0.3, -0.25) is 10.1 Å². The molecule has 7 heteroatoms. The molecule has 0 aromatic heterocycles. The molecule has 0 radical (unpaired) electrons. The number of alkyl halides is 1. The molecule has 2 atom stereocenters. The Hall–Kier alpha value is -2.05. The van der Waals surface area contributed by atoms with Crippen molar-refractivity contribution in [3.63, 3.8) is 0 Å². The second-order valence-electron chi connectivity index (χ2n) is 8.45. The lowest BCUT2D eigenvalue weighted by Crippen LogP contribution is -2.36. The number of nitrogens with zero attached hydrogens (tertiary/aromatic N) is 1. The van der Waals surface area contributed by atoms with Crippen LogP contribution in [0.3, 0.4) is 0 Å². The van der Waals surface area contributed by atoms with Crippen molar-refractivity contribution < 1.29 is 14.3 Å². The van der Waals surface area contributed by atoms with Crippen LogP contribution < -0.4 is 5.32 Å². The highest BCUT2D eigenvalue weighted by molar-refractivity contribution is 9.10. The number of carbonyl (C=O) groups is 2. The van der Waals surface area contributed by atoms with E-state index in [1.807, 2.05) is 43.3 Å². The fourth-order valence-electron chi connectivity index (χ4n) is 3.62. The van der Waals surface area contributed by atoms with Gasteiger partial charge in [0.2, 0.25) is 5.91 Å². The monoisotopic (exact) mass is 492 g/mol. The van der Waals surface area contributed by atoms with Crippen molar-refractivity contribution >= 4 is 45.2 Å². The highest BCUT2D eigenvalue weighted by atomic mass is 79.9. The van der Waals surface area contributed by atoms with Crippen molar-refractivity contribution in [2.75, 3.05) is 11.9 Å². The molecule has 3 rings (SSSR count). The summed E-state index contributed by atoms with van der Waals surface area (Å²) in [6, 6.07) is 15.1. The van der Waals surface area contributed by atoms with Crippen LogP contribution in [0.5, 0.6) is 0 Å². The molecule has 0 aliphatic carbocycles. The van der Waals surface area contributed by atoms with Gasteiger partial charge in [-0.05, 0) is 51.8 Å². The Bertz CT molecular complexity index is 945. The maximum Gasteiger partial charge on any atom is 0.412 e. The molecule has 30 heavy (non-hydrogen) atoms. The Labute approximate surface area is 190 Å². The Morgan fingerprint density at radius 3 is 2.53 bits per heavy atom. The topological polar surface area (TPSA) is 58.6 Å². The predicted molar refractivity (Wildman–Crippen MR) is 123 cm³/mol. The molecule has 2 amide bonds. The normalized spacial score (nSPS) is 20.2. The van der Waals surface area contributed by atoms with E-state index < -0.39 is 16.6 Å². The zero-order valence-electron chi connectivity index (χ0n) is 17.5. The summed E-state index contributed by atoms with van der Waals surface area (Å²) in [7, 11) is 0. The molecule has 0 saturated carbocycles. The van der Waals surface area contributed by atoms with Gasteiger partial charge in [-0.2, -0.15) is 0 Å². The van der Waals surface area contributed by atoms with Gasteiger partial charge in [0.05, 0.1) is 11.7 Å². The largest absolute Gasteiger partial charge is 0.444 e. The number of likely N-dealkylation sites (tertiary alicyclic amines) is 1. The number of carbonyl (C=O) groups excluding carboxylic acids is 2. The zero-order chi connectivity index (χ0) is 22.1. The van der Waals surface area contributed by atoms with E-state index >= 15 is 0 Å². The van der Waals surface area contributed by atoms with Gasteiger partial charge >= 0.3 is 6.09 Å². The third-order valence-electron chi connectivity index (χ3n) is 5.09. The van der Waals surface area contributed by atoms with Crippen molar-refractivity contribution in [1.29, 1.82) is 0 Å². The smallest absolute Gasteiger partial charge is 0.412 e. The predicted octanol–water partition coefficient (Wildman–Crippen LogP) is 6.22. The molecule has 1 unspecified atom stereocenters. The van der Waals surface area contributed by atoms with Gasteiger partial charge in [0.15, 0.2) is 4.87 Å². The van der Waals surface area contributed by atoms with Gasteiger partial charge in [0.25, 0.3) is 0 Å². The van der Waals surface area contributed by atoms with Crippen LogP contribution in [-0.2, 0) is 14.4 Å². The molecule has 160 valence electrons. The summed E-state index contributed by atoms with van der Waals surface area (Å²) in [5, 5.41) is 2.76. The molecule has 0 bridgehead atoms. The van der Waals surface area contributed by atoms with Crippen LogP contribution in [0.25, 0.3) is 0 Å². The van der Waals surface area contributed by atoms with Crippen molar-refractivity contribution in [3.8, 4) is 0 Å². The van der Waals surface area contributed by atoms with Gasteiger partial charge in [-0.15, -0.1) is 11.6 Å². The fraction of sp³-hybridized carbons (Fsp3) is 0.391. The third kappa shape index (κ3) is 4.81. The Balaban J connectivity index is 1.90. The fourth-order valence-corrected chi connectivity index (χ4v) is 4.34. The highest BCUT2D eigenvalue weighted by Crippen LogP contribution is 2.46. The SMILES string of the molecule is C[C@@H](c1ccccc1)N1CCC(Cl)(c2ccc(Br)cc2NC(=O)OC(C)(C)C)C1=O. The zero-order valence-corrected chi connectivity index (χ0v) is 19.9. The molecular weight excluding hydrogens is 468 g/mol. The molecule has 1 aliphatic rings. The average Bonchev–Trinajstić information content (AvgIpc) is 2.96. The minimum Gasteiger partial charge on any atom is -0.444 e. The lowest BCUT2D eigenvalue weighted by Gasteiger charge is -2.28. The van der Waals surface area contributed by atoms with Crippen molar-refractivity contribution in [2.45, 2.75) is 50.6 Å². The quantitative estimate of drug-likeness (QED) is 0.514. The van der Waals surface area contributed by atoms with E-state index in [1.165, 1.54) is 0 Å². The first-order valence-corrected chi connectivity index (χ1v) is 11.0. The van der Waals surface area contributed by atoms with Crippen LogP contribution in [0.4, 0.5) is 10.5 Å². The molecule has 1 N–H and O–H groups in total. The summed E-state index contributed by atoms with van der Waals surface area (Å²) >= 11 is 10.4. The maximum atomic E-state index is 13.4. The molecule has 1 fully saturated rings. The first-order valence-electron chi connectivity index (χ1n) is 9.86. The van der Waals surface area contributed by atoms with E-state index in [1.54, 1.807) is 37.8 Å². The number of anilines is 1. The lowest BCUT2D eigenvalue weighted by molar-refractivity contribution is -0.131. The summed E-state index contributed by atoms with van der Waals surface area (Å²) in [5.74, 6) is -0.171. The molecule has 2 aromatic carbocycles. The Kier molecular flexibility index (Phi) is 6.48. The molecule has 2 aromatic rings. The minimum absolute atomic E-state index is 0.1000. The average molecular weight is 494 g/mol. The number of benzene rings is 2. The molecular formula is C23H26BrClN2O3. The van der Waals surface area contributed by atoms with Crippen LogP contribution in [-0.4, -0.2) is 29.0 Å². The lowest BCUT2D eigenvalue weighted by atomic mass is 9.94. The van der Waals surface area contributed by atoms with Gasteiger partial charge in [0, 0.05) is 16.6 Å². The van der Waals surface area contributed by atoms with Crippen LogP contribution in [0.2, 0.25) is 0 Å². The van der Waals surface area contributed by atoms with Crippen molar-refractivity contribution in [3.05, 3.63) is 64.1 Å². The Morgan fingerprint density at radius 2 is 1.90 bits per heavy atom. The summed E-state index contributed by atoms with van der Waals surface area (Å²) in [5.41, 5.74) is 1.43.